The Morgan fingerprint density at radius 2 is 1.87 bits per heavy atom. The number of methoxy groups -OCH3 is 1. The molecule has 4 nitrogen and oxygen atoms in total. The van der Waals surface area contributed by atoms with Crippen LogP contribution in [0.4, 0.5) is 0 Å². The van der Waals surface area contributed by atoms with E-state index in [9.17, 15) is 5.11 Å². The van der Waals surface area contributed by atoms with Crippen LogP contribution in [0.1, 0.15) is 24.8 Å². The summed E-state index contributed by atoms with van der Waals surface area (Å²) in [5.41, 5.74) is 1.18. The lowest BCUT2D eigenvalue weighted by atomic mass is 10.1. The molecular weight excluding hydrogens is 288 g/mol. The van der Waals surface area contributed by atoms with Crippen LogP contribution in [0, 0.1) is 0 Å². The minimum Gasteiger partial charge on any atom is -0.497 e. The molecular formula is C19H28N2O2. The largest absolute Gasteiger partial charge is 0.497 e. The van der Waals surface area contributed by atoms with Crippen LogP contribution < -0.4 is 4.74 Å². The molecule has 2 atom stereocenters. The number of piperidine rings is 1. The molecule has 0 spiro atoms. The van der Waals surface area contributed by atoms with E-state index in [4.69, 9.17) is 4.74 Å². The van der Waals surface area contributed by atoms with Gasteiger partial charge in [-0.05, 0) is 43.6 Å². The van der Waals surface area contributed by atoms with Crippen LogP contribution in [0.2, 0.25) is 0 Å². The Kier molecular flexibility index (Phi) is 5.70. The van der Waals surface area contributed by atoms with E-state index in [2.05, 4.69) is 34.1 Å². The molecule has 23 heavy (non-hydrogen) atoms. The molecule has 2 aliphatic heterocycles. The average molecular weight is 316 g/mol. The first-order valence-electron chi connectivity index (χ1n) is 8.71. The summed E-state index contributed by atoms with van der Waals surface area (Å²) < 4.78 is 5.17. The molecule has 126 valence electrons. The highest BCUT2D eigenvalue weighted by molar-refractivity contribution is 5.50. The van der Waals surface area contributed by atoms with Crippen molar-refractivity contribution < 1.29 is 9.84 Å². The molecule has 0 amide bonds. The number of aliphatic hydroxyl groups excluding tert-OH is 1. The van der Waals surface area contributed by atoms with Crippen molar-refractivity contribution >= 4 is 6.08 Å². The number of rotatable bonds is 5. The number of nitrogens with zero attached hydrogens (tertiary/aromatic N) is 2. The van der Waals surface area contributed by atoms with Crippen LogP contribution in [0.25, 0.3) is 6.08 Å². The van der Waals surface area contributed by atoms with Gasteiger partial charge in [-0.3, -0.25) is 9.80 Å². The first-order valence-corrected chi connectivity index (χ1v) is 8.71. The van der Waals surface area contributed by atoms with E-state index < -0.39 is 0 Å². The molecule has 2 saturated heterocycles. The predicted octanol–water partition coefficient (Wildman–Crippen LogP) is 2.24. The van der Waals surface area contributed by atoms with E-state index >= 15 is 0 Å². The van der Waals surface area contributed by atoms with Crippen molar-refractivity contribution in [2.24, 2.45) is 0 Å². The van der Waals surface area contributed by atoms with Crippen molar-refractivity contribution in [1.29, 1.82) is 0 Å². The Bertz CT molecular complexity index is 509. The fraction of sp³-hybridized carbons (Fsp3) is 0.579. The normalized spacial score (nSPS) is 26.9. The van der Waals surface area contributed by atoms with Gasteiger partial charge in [0, 0.05) is 25.7 Å². The standard InChI is InChI=1S/C19H28N2O2/c1-23-17-9-7-16(8-10-17)6-5-11-20-14-18(19(22)15-20)21-12-3-2-4-13-21/h5-10,18-19,22H,2-4,11-15H2,1H3/b6-5+/t18-,19-/m0/s1. The van der Waals surface area contributed by atoms with Crippen molar-refractivity contribution in [3.8, 4) is 5.75 Å². The third kappa shape index (κ3) is 4.34. The number of hydrogen-bond donors (Lipinski definition) is 1. The van der Waals surface area contributed by atoms with E-state index in [1.165, 1.54) is 24.8 Å². The Labute approximate surface area is 139 Å². The molecule has 0 bridgehead atoms. The van der Waals surface area contributed by atoms with Gasteiger partial charge in [-0.1, -0.05) is 30.7 Å². The second-order valence-corrected chi connectivity index (χ2v) is 6.63. The molecule has 3 rings (SSSR count). The second-order valence-electron chi connectivity index (χ2n) is 6.63. The third-order valence-electron chi connectivity index (χ3n) is 4.98. The quantitative estimate of drug-likeness (QED) is 0.904. The summed E-state index contributed by atoms with van der Waals surface area (Å²) >= 11 is 0. The van der Waals surface area contributed by atoms with Gasteiger partial charge in [-0.2, -0.15) is 0 Å². The van der Waals surface area contributed by atoms with Gasteiger partial charge in [-0.25, -0.2) is 0 Å². The lowest BCUT2D eigenvalue weighted by molar-refractivity contribution is 0.0706. The number of aliphatic hydroxyl groups is 1. The highest BCUT2D eigenvalue weighted by atomic mass is 16.5. The highest BCUT2D eigenvalue weighted by Crippen LogP contribution is 2.21. The van der Waals surface area contributed by atoms with E-state index in [1.807, 2.05) is 12.1 Å². The van der Waals surface area contributed by atoms with Gasteiger partial charge >= 0.3 is 0 Å². The zero-order chi connectivity index (χ0) is 16.1. The molecule has 1 N–H and O–H groups in total. The topological polar surface area (TPSA) is 35.9 Å². The van der Waals surface area contributed by atoms with Crippen molar-refractivity contribution in [2.45, 2.75) is 31.4 Å². The zero-order valence-electron chi connectivity index (χ0n) is 14.0. The fourth-order valence-electron chi connectivity index (χ4n) is 3.66. The van der Waals surface area contributed by atoms with Gasteiger partial charge in [0.05, 0.1) is 13.2 Å². The summed E-state index contributed by atoms with van der Waals surface area (Å²) in [4.78, 5) is 4.84. The average Bonchev–Trinajstić information content (AvgIpc) is 2.97. The Balaban J connectivity index is 1.49. The van der Waals surface area contributed by atoms with Gasteiger partial charge in [0.25, 0.3) is 0 Å². The van der Waals surface area contributed by atoms with E-state index in [0.717, 1.165) is 38.5 Å². The number of hydrogen-bond acceptors (Lipinski definition) is 4. The molecule has 0 aromatic heterocycles. The molecule has 1 aromatic rings. The molecule has 0 aliphatic carbocycles. The number of benzene rings is 1. The Hall–Kier alpha value is -1.36. The number of ether oxygens (including phenoxy) is 1. The van der Waals surface area contributed by atoms with E-state index in [-0.39, 0.29) is 6.10 Å². The van der Waals surface area contributed by atoms with Crippen LogP contribution >= 0.6 is 0 Å². The van der Waals surface area contributed by atoms with E-state index in [1.54, 1.807) is 7.11 Å². The molecule has 4 heteroatoms. The zero-order valence-corrected chi connectivity index (χ0v) is 14.0. The van der Waals surface area contributed by atoms with Crippen LogP contribution in [0.15, 0.2) is 30.3 Å². The minimum atomic E-state index is -0.206. The van der Waals surface area contributed by atoms with Crippen molar-refractivity contribution in [1.82, 2.24) is 9.80 Å². The van der Waals surface area contributed by atoms with Gasteiger partial charge < -0.3 is 9.84 Å². The lowest BCUT2D eigenvalue weighted by Crippen LogP contribution is -2.45. The number of likely N-dealkylation sites (tertiary alicyclic amines) is 2. The van der Waals surface area contributed by atoms with Crippen molar-refractivity contribution in [3.63, 3.8) is 0 Å². The molecule has 0 saturated carbocycles. The number of β-amino-alcohol motifs (C(OH)–C–C–N with tert-alkyl or cyclic N) is 1. The molecule has 1 aromatic carbocycles. The van der Waals surface area contributed by atoms with Crippen LogP contribution in [-0.2, 0) is 0 Å². The van der Waals surface area contributed by atoms with Crippen LogP contribution in [0.5, 0.6) is 5.75 Å². The lowest BCUT2D eigenvalue weighted by Gasteiger charge is -2.33. The molecule has 2 fully saturated rings. The Morgan fingerprint density at radius 1 is 1.13 bits per heavy atom. The molecule has 2 heterocycles. The van der Waals surface area contributed by atoms with Gasteiger partial charge in [0.2, 0.25) is 0 Å². The smallest absolute Gasteiger partial charge is 0.118 e. The van der Waals surface area contributed by atoms with Gasteiger partial charge in [0.15, 0.2) is 0 Å². The third-order valence-corrected chi connectivity index (χ3v) is 4.98. The summed E-state index contributed by atoms with van der Waals surface area (Å²) in [5, 5.41) is 10.4. The SMILES string of the molecule is COc1ccc(/C=C/CN2C[C@H](O)[C@@H](N3CCCCC3)C2)cc1. The summed E-state index contributed by atoms with van der Waals surface area (Å²) in [5.74, 6) is 0.884. The Morgan fingerprint density at radius 3 is 2.57 bits per heavy atom. The maximum Gasteiger partial charge on any atom is 0.118 e. The second kappa shape index (κ2) is 7.95. The first kappa shape index (κ1) is 16.5. The monoisotopic (exact) mass is 316 g/mol. The van der Waals surface area contributed by atoms with Crippen LogP contribution in [0.3, 0.4) is 0 Å². The van der Waals surface area contributed by atoms with Gasteiger partial charge in [-0.15, -0.1) is 0 Å². The van der Waals surface area contributed by atoms with Crippen LogP contribution in [-0.4, -0.2) is 66.9 Å². The summed E-state index contributed by atoms with van der Waals surface area (Å²) in [6.45, 7) is 4.96. The predicted molar refractivity (Wildman–Crippen MR) is 93.7 cm³/mol. The summed E-state index contributed by atoms with van der Waals surface area (Å²) in [7, 11) is 1.68. The summed E-state index contributed by atoms with van der Waals surface area (Å²) in [6, 6.07) is 8.40. The highest BCUT2D eigenvalue weighted by Gasteiger charge is 2.35. The minimum absolute atomic E-state index is 0.206. The summed E-state index contributed by atoms with van der Waals surface area (Å²) in [6.07, 6.45) is 8.02. The molecule has 0 radical (unpaired) electrons. The fourth-order valence-corrected chi connectivity index (χ4v) is 3.66. The molecule has 2 aliphatic rings. The molecule has 0 unspecified atom stereocenters. The van der Waals surface area contributed by atoms with Crippen molar-refractivity contribution in [3.05, 3.63) is 35.9 Å². The van der Waals surface area contributed by atoms with Gasteiger partial charge in [0.1, 0.15) is 5.75 Å². The van der Waals surface area contributed by atoms with Crippen molar-refractivity contribution in [2.75, 3.05) is 39.8 Å². The maximum absolute atomic E-state index is 10.4. The van der Waals surface area contributed by atoms with E-state index in [0.29, 0.717) is 6.04 Å². The maximum atomic E-state index is 10.4. The first-order chi connectivity index (χ1) is 11.3.